The van der Waals surface area contributed by atoms with Gasteiger partial charge in [0.1, 0.15) is 11.5 Å². The molecule has 0 aliphatic heterocycles. The Kier molecular flexibility index (Phi) is 6.16. The summed E-state index contributed by atoms with van der Waals surface area (Å²) in [7, 11) is 0. The lowest BCUT2D eigenvalue weighted by atomic mass is 10.1. The largest absolute Gasteiger partial charge is 0.457 e. The lowest BCUT2D eigenvalue weighted by Gasteiger charge is -2.03. The fourth-order valence-corrected chi connectivity index (χ4v) is 3.72. The minimum atomic E-state index is -0.243. The zero-order valence-electron chi connectivity index (χ0n) is 17.7. The molecule has 34 heavy (non-hydrogen) atoms. The van der Waals surface area contributed by atoms with Crippen molar-refractivity contribution in [1.82, 2.24) is 15.3 Å². The number of carbonyl (C=O) groups is 1. The summed E-state index contributed by atoms with van der Waals surface area (Å²) in [5, 5.41) is 3.94. The molecule has 3 aromatic heterocycles. The number of hydrogen-bond acceptors (Lipinski definition) is 5. The molecule has 1 N–H and O–H groups in total. The number of rotatable bonds is 6. The molecule has 0 saturated heterocycles. The Morgan fingerprint density at radius 3 is 2.68 bits per heavy atom. The lowest BCUT2D eigenvalue weighted by molar-refractivity contribution is -0.116. The van der Waals surface area contributed by atoms with Crippen molar-refractivity contribution in [1.29, 1.82) is 0 Å². The Morgan fingerprint density at radius 2 is 1.85 bits per heavy atom. The fraction of sp³-hybridized carbons (Fsp3) is 0.0385. The van der Waals surface area contributed by atoms with E-state index in [1.165, 1.54) is 6.08 Å². The zero-order valence-corrected chi connectivity index (χ0v) is 19.2. The van der Waals surface area contributed by atoms with Gasteiger partial charge in [-0.1, -0.05) is 35.3 Å². The number of halogens is 2. The van der Waals surface area contributed by atoms with Gasteiger partial charge in [-0.3, -0.25) is 4.79 Å². The fourth-order valence-electron chi connectivity index (χ4n) is 3.34. The molecular formula is C26H17Cl2N3O3. The van der Waals surface area contributed by atoms with E-state index < -0.39 is 0 Å². The van der Waals surface area contributed by atoms with Crippen molar-refractivity contribution < 1.29 is 13.6 Å². The summed E-state index contributed by atoms with van der Waals surface area (Å²) in [5.41, 5.74) is 3.67. The number of amides is 1. The molecule has 0 radical (unpaired) electrons. The number of carbonyl (C=O) groups excluding carboxylic acids is 1. The first kappa shape index (κ1) is 21.9. The third-order valence-corrected chi connectivity index (χ3v) is 5.62. The summed E-state index contributed by atoms with van der Waals surface area (Å²) in [6, 6.07) is 19.9. The summed E-state index contributed by atoms with van der Waals surface area (Å²) in [4.78, 5) is 20.8. The van der Waals surface area contributed by atoms with Crippen molar-refractivity contribution >= 4 is 46.4 Å². The highest BCUT2D eigenvalue weighted by Gasteiger charge is 2.10. The van der Waals surface area contributed by atoms with E-state index in [9.17, 15) is 4.79 Å². The van der Waals surface area contributed by atoms with E-state index in [4.69, 9.17) is 32.0 Å². The van der Waals surface area contributed by atoms with Crippen molar-refractivity contribution in [3.63, 3.8) is 0 Å². The Bertz CT molecular complexity index is 1470. The number of fused-ring (bicyclic) bond motifs is 1. The number of aromatic nitrogens is 2. The van der Waals surface area contributed by atoms with Crippen LogP contribution in [0.4, 0.5) is 0 Å². The van der Waals surface area contributed by atoms with Gasteiger partial charge in [0.05, 0.1) is 5.02 Å². The van der Waals surface area contributed by atoms with Crippen LogP contribution >= 0.6 is 23.2 Å². The van der Waals surface area contributed by atoms with Crippen LogP contribution in [-0.4, -0.2) is 15.9 Å². The second kappa shape index (κ2) is 9.55. The molecule has 0 saturated carbocycles. The van der Waals surface area contributed by atoms with E-state index >= 15 is 0 Å². The predicted molar refractivity (Wildman–Crippen MR) is 132 cm³/mol. The first-order chi connectivity index (χ1) is 16.5. The quantitative estimate of drug-likeness (QED) is 0.265. The number of nitrogens with one attached hydrogen (secondary N) is 1. The minimum absolute atomic E-state index is 0.243. The maximum absolute atomic E-state index is 12.2. The van der Waals surface area contributed by atoms with Gasteiger partial charge in [-0.2, -0.15) is 4.98 Å². The maximum atomic E-state index is 12.2. The van der Waals surface area contributed by atoms with Crippen molar-refractivity contribution in [2.24, 2.45) is 0 Å². The molecule has 2 aromatic carbocycles. The van der Waals surface area contributed by atoms with Gasteiger partial charge in [-0.25, -0.2) is 4.98 Å². The molecule has 0 bridgehead atoms. The summed E-state index contributed by atoms with van der Waals surface area (Å²) >= 11 is 12.3. The molecular weight excluding hydrogens is 473 g/mol. The van der Waals surface area contributed by atoms with Crippen molar-refractivity contribution in [2.45, 2.75) is 6.54 Å². The number of pyridine rings is 1. The molecule has 0 unspecified atom stereocenters. The predicted octanol–water partition coefficient (Wildman–Crippen LogP) is 6.79. The number of hydrogen-bond donors (Lipinski definition) is 1. The van der Waals surface area contributed by atoms with Crippen LogP contribution < -0.4 is 5.32 Å². The van der Waals surface area contributed by atoms with Crippen LogP contribution in [0.1, 0.15) is 11.3 Å². The van der Waals surface area contributed by atoms with E-state index in [2.05, 4.69) is 15.3 Å². The maximum Gasteiger partial charge on any atom is 0.244 e. The summed E-state index contributed by atoms with van der Waals surface area (Å²) in [6.07, 6.45) is 4.69. The van der Waals surface area contributed by atoms with Gasteiger partial charge in [0.15, 0.2) is 11.2 Å². The highest BCUT2D eigenvalue weighted by atomic mass is 35.5. The molecule has 5 rings (SSSR count). The first-order valence-electron chi connectivity index (χ1n) is 10.4. The molecule has 0 aliphatic carbocycles. The van der Waals surface area contributed by atoms with Crippen molar-refractivity contribution in [3.8, 4) is 22.8 Å². The van der Waals surface area contributed by atoms with Gasteiger partial charge in [0.2, 0.25) is 11.8 Å². The Hall–Kier alpha value is -3.87. The van der Waals surface area contributed by atoms with Gasteiger partial charge in [0.25, 0.3) is 0 Å². The minimum Gasteiger partial charge on any atom is -0.457 e. The van der Waals surface area contributed by atoms with Crippen molar-refractivity contribution in [3.05, 3.63) is 100 Å². The average Bonchev–Trinajstić information content (AvgIpc) is 3.50. The highest BCUT2D eigenvalue weighted by molar-refractivity contribution is 6.35. The monoisotopic (exact) mass is 489 g/mol. The molecule has 0 fully saturated rings. The van der Waals surface area contributed by atoms with Gasteiger partial charge >= 0.3 is 0 Å². The average molecular weight is 490 g/mol. The number of furan rings is 1. The molecule has 8 heteroatoms. The number of oxazole rings is 1. The zero-order chi connectivity index (χ0) is 23.5. The Morgan fingerprint density at radius 1 is 1.00 bits per heavy atom. The second-order valence-corrected chi connectivity index (χ2v) is 8.26. The van der Waals surface area contributed by atoms with E-state index in [1.54, 1.807) is 48.7 Å². The third-order valence-electron chi connectivity index (χ3n) is 5.05. The molecule has 168 valence electrons. The molecule has 3 heterocycles. The first-order valence-corrected chi connectivity index (χ1v) is 11.1. The van der Waals surface area contributed by atoms with Gasteiger partial charge in [-0.15, -0.1) is 0 Å². The third kappa shape index (κ3) is 4.88. The van der Waals surface area contributed by atoms with Crippen LogP contribution in [0.25, 0.3) is 40.1 Å². The lowest BCUT2D eigenvalue weighted by Crippen LogP contribution is -2.20. The summed E-state index contributed by atoms with van der Waals surface area (Å²) < 4.78 is 11.5. The molecule has 5 aromatic rings. The smallest absolute Gasteiger partial charge is 0.244 e. The SMILES string of the molecule is O=C(/C=C/c1ccc(-c2cc(Cl)ccc2Cl)o1)NCc1ccc(-c2nc3ncccc3o2)cc1. The van der Waals surface area contributed by atoms with E-state index in [0.717, 1.165) is 11.1 Å². The normalized spacial score (nSPS) is 11.4. The molecule has 1 amide bonds. The second-order valence-electron chi connectivity index (χ2n) is 7.42. The van der Waals surface area contributed by atoms with Crippen LogP contribution in [0.5, 0.6) is 0 Å². The van der Waals surface area contributed by atoms with E-state index in [-0.39, 0.29) is 5.91 Å². The van der Waals surface area contributed by atoms with Gasteiger partial charge in [-0.05, 0) is 66.2 Å². The molecule has 6 nitrogen and oxygen atoms in total. The van der Waals surface area contributed by atoms with Crippen molar-refractivity contribution in [2.75, 3.05) is 0 Å². The van der Waals surface area contributed by atoms with E-state index in [0.29, 0.717) is 50.8 Å². The summed E-state index contributed by atoms with van der Waals surface area (Å²) in [6.45, 7) is 0.375. The number of nitrogens with zero attached hydrogens (tertiary/aromatic N) is 2. The highest BCUT2D eigenvalue weighted by Crippen LogP contribution is 2.32. The van der Waals surface area contributed by atoms with Gasteiger partial charge < -0.3 is 14.2 Å². The van der Waals surface area contributed by atoms with Crippen LogP contribution in [0.15, 0.2) is 87.8 Å². The molecule has 0 atom stereocenters. The Balaban J connectivity index is 1.19. The van der Waals surface area contributed by atoms with Gasteiger partial charge in [0, 0.05) is 35.0 Å². The van der Waals surface area contributed by atoms with Crippen LogP contribution in [0.3, 0.4) is 0 Å². The topological polar surface area (TPSA) is 81.2 Å². The standard InChI is InChI=1S/C26H17Cl2N3O3/c27-18-7-10-21(28)20(14-18)22-11-8-19(33-22)9-12-24(32)30-15-16-3-5-17(6-4-16)26-31-25-23(34-26)2-1-13-29-25/h1-14H,15H2,(H,30,32)/b12-9+. The molecule has 0 spiro atoms. The Labute approximate surface area is 204 Å². The number of benzene rings is 2. The summed E-state index contributed by atoms with van der Waals surface area (Å²) in [5.74, 6) is 1.36. The van der Waals surface area contributed by atoms with Crippen LogP contribution in [0.2, 0.25) is 10.0 Å². The molecule has 0 aliphatic rings. The van der Waals surface area contributed by atoms with Crippen LogP contribution in [0, 0.1) is 0 Å². The van der Waals surface area contributed by atoms with Crippen LogP contribution in [-0.2, 0) is 11.3 Å². The van der Waals surface area contributed by atoms with E-state index in [1.807, 2.05) is 30.3 Å².